The van der Waals surface area contributed by atoms with Gasteiger partial charge in [-0.05, 0) is 4.92 Å². The molecule has 2 heterocycles. The van der Waals surface area contributed by atoms with Gasteiger partial charge in [0.2, 0.25) is 6.33 Å². The molecule has 1 aliphatic heterocycles. The van der Waals surface area contributed by atoms with E-state index in [2.05, 4.69) is 30.4 Å². The molecule has 1 aliphatic rings. The van der Waals surface area contributed by atoms with E-state index >= 15 is 0 Å². The third kappa shape index (κ3) is 2.87. The summed E-state index contributed by atoms with van der Waals surface area (Å²) < 4.78 is 0. The van der Waals surface area contributed by atoms with Crippen LogP contribution in [0.1, 0.15) is 0 Å². The van der Waals surface area contributed by atoms with E-state index in [0.717, 1.165) is 0 Å². The topological polar surface area (TPSA) is 206 Å². The molecule has 0 aromatic carbocycles. The Hall–Kier alpha value is -3.32. The zero-order chi connectivity index (χ0) is 14.5. The van der Waals surface area contributed by atoms with Gasteiger partial charge in [0.05, 0.1) is 5.11 Å². The summed E-state index contributed by atoms with van der Waals surface area (Å²) in [5.41, 5.74) is 0. The molecule has 0 aliphatic carbocycles. The molecule has 1 aromatic heterocycles. The van der Waals surface area contributed by atoms with Gasteiger partial charge in [-0.2, -0.15) is 0 Å². The number of nitro groups is 2. The highest BCUT2D eigenvalue weighted by molar-refractivity contribution is 5.82. The normalized spacial score (nSPS) is 20.1. The van der Waals surface area contributed by atoms with Crippen LogP contribution in [0.4, 0.5) is 0 Å². The van der Waals surface area contributed by atoms with Crippen LogP contribution in [-0.4, -0.2) is 37.8 Å². The van der Waals surface area contributed by atoms with Gasteiger partial charge in [0.25, 0.3) is 6.33 Å². The number of carboxylic acid groups (broad SMARTS) is 1. The van der Waals surface area contributed by atoms with Crippen molar-refractivity contribution in [1.29, 1.82) is 0 Å². The first-order valence-electron chi connectivity index (χ1n) is 4.28. The predicted molar refractivity (Wildman–Crippen MR) is 49.2 cm³/mol. The lowest BCUT2D eigenvalue weighted by Gasteiger charge is -2.06. The van der Waals surface area contributed by atoms with Gasteiger partial charge in [-0.15, -0.1) is 5.10 Å². The van der Waals surface area contributed by atoms with Crippen molar-refractivity contribution in [3.05, 3.63) is 32.9 Å². The van der Waals surface area contributed by atoms with Crippen LogP contribution in [0.2, 0.25) is 0 Å². The minimum absolute atomic E-state index is 1.20. The molecule has 0 spiro atoms. The van der Waals surface area contributed by atoms with Crippen LogP contribution < -0.4 is 10.1 Å². The van der Waals surface area contributed by atoms with Gasteiger partial charge in [0, 0.05) is 15.2 Å². The number of aliphatic carboxylic acids is 1. The van der Waals surface area contributed by atoms with E-state index in [9.17, 15) is 30.1 Å². The molecule has 14 nitrogen and oxygen atoms in total. The fraction of sp³-hybridized carbons (Fsp3) is 0.200. The summed E-state index contributed by atoms with van der Waals surface area (Å²) in [5, 5.41) is 41.9. The smallest absolute Gasteiger partial charge is 0.538 e. The molecule has 0 bridgehead atoms. The second-order valence-corrected chi connectivity index (χ2v) is 2.75. The van der Waals surface area contributed by atoms with Gasteiger partial charge in [-0.1, -0.05) is 0 Å². The Labute approximate surface area is 102 Å². The van der Waals surface area contributed by atoms with Crippen LogP contribution in [0.15, 0.2) is 27.9 Å². The Morgan fingerprint density at radius 1 is 1.42 bits per heavy atom. The lowest BCUT2D eigenvalue weighted by molar-refractivity contribution is -0.564. The highest BCUT2D eigenvalue weighted by atomic mass is 16.6. The first-order chi connectivity index (χ1) is 8.90. The summed E-state index contributed by atoms with van der Waals surface area (Å²) in [5.74, 6) is -6.75. The molecular formula is C5H4N8O6. The molecule has 1 unspecified atom stereocenters. The van der Waals surface area contributed by atoms with Crippen LogP contribution in [0.3, 0.4) is 0 Å². The fourth-order valence-corrected chi connectivity index (χ4v) is 0.801. The van der Waals surface area contributed by atoms with Gasteiger partial charge < -0.3 is 20.0 Å². The van der Waals surface area contributed by atoms with Crippen molar-refractivity contribution in [3.8, 4) is 0 Å². The number of guanidine groups is 1. The standard InChI is InChI=1S/C3HN5O6.C2H3N3/c9-1(10)3(8(13)14)4-2(5-6-3)7(11)12;1-3-2-5-4-1/h(H,9,10);1-2H,(H,3,4,5). The van der Waals surface area contributed by atoms with Gasteiger partial charge >= 0.3 is 11.7 Å². The minimum Gasteiger partial charge on any atom is -0.538 e. The van der Waals surface area contributed by atoms with Crippen molar-refractivity contribution >= 4 is 11.9 Å². The Morgan fingerprint density at radius 3 is 2.32 bits per heavy atom. The molecular weight excluding hydrogens is 268 g/mol. The highest BCUT2D eigenvalue weighted by Crippen LogP contribution is 2.20. The number of H-pyrrole nitrogens is 2. The molecule has 2 N–H and O–H groups in total. The largest absolute Gasteiger partial charge is 0.540 e. The second-order valence-electron chi connectivity index (χ2n) is 2.75. The fourth-order valence-electron chi connectivity index (χ4n) is 0.801. The van der Waals surface area contributed by atoms with Crippen molar-refractivity contribution in [2.24, 2.45) is 15.2 Å². The number of aromatic nitrogens is 3. The molecule has 100 valence electrons. The number of aromatic amines is 2. The number of rotatable bonds is 2. The number of aliphatic imine (C=N–C) groups is 1. The van der Waals surface area contributed by atoms with Crippen molar-refractivity contribution in [1.82, 2.24) is 10.2 Å². The van der Waals surface area contributed by atoms with E-state index < -0.39 is 27.6 Å². The Balaban J connectivity index is 0.000000300. The number of carbonyl (C=O) groups is 1. The van der Waals surface area contributed by atoms with E-state index in [0.29, 0.717) is 0 Å². The third-order valence-corrected chi connectivity index (χ3v) is 1.59. The van der Waals surface area contributed by atoms with Crippen molar-refractivity contribution < 1.29 is 24.7 Å². The number of carbonyl (C=O) groups excluding carboxylic acids is 1. The minimum atomic E-state index is -3.22. The van der Waals surface area contributed by atoms with Crippen molar-refractivity contribution in [3.63, 3.8) is 0 Å². The number of azo groups is 1. The highest BCUT2D eigenvalue weighted by Gasteiger charge is 2.57. The maximum atomic E-state index is 10.3. The molecule has 0 saturated heterocycles. The first kappa shape index (κ1) is 13.7. The molecule has 0 radical (unpaired) electrons. The average molecular weight is 272 g/mol. The zero-order valence-electron chi connectivity index (χ0n) is 8.79. The number of nitrogens with zero attached hydrogens (tertiary/aromatic N) is 6. The SMILES string of the molecule is O=C([O-])C1([N+](=O)[O-])N=NC([N+](=O)[O-])=N1.c1n[nH]c[nH+]1. The molecule has 1 atom stereocenters. The Morgan fingerprint density at radius 2 is 2.11 bits per heavy atom. The van der Waals surface area contributed by atoms with Gasteiger partial charge in [-0.25, -0.2) is 0 Å². The summed E-state index contributed by atoms with van der Waals surface area (Å²) in [4.78, 5) is 33.2. The van der Waals surface area contributed by atoms with E-state index in [4.69, 9.17) is 0 Å². The molecule has 1 aromatic rings. The van der Waals surface area contributed by atoms with Crippen molar-refractivity contribution in [2.45, 2.75) is 5.79 Å². The zero-order valence-corrected chi connectivity index (χ0v) is 8.79. The van der Waals surface area contributed by atoms with E-state index in [1.165, 1.54) is 0 Å². The van der Waals surface area contributed by atoms with E-state index in [1.807, 2.05) is 0 Å². The molecule has 19 heavy (non-hydrogen) atoms. The number of hydrogen-bond donors (Lipinski definition) is 1. The van der Waals surface area contributed by atoms with Gasteiger partial charge in [0.15, 0.2) is 5.97 Å². The summed E-state index contributed by atoms with van der Waals surface area (Å²) in [6, 6.07) is 0. The first-order valence-corrected chi connectivity index (χ1v) is 4.28. The summed E-state index contributed by atoms with van der Waals surface area (Å²) >= 11 is 0. The third-order valence-electron chi connectivity index (χ3n) is 1.59. The van der Waals surface area contributed by atoms with Gasteiger partial charge in [0.1, 0.15) is 4.92 Å². The maximum absolute atomic E-state index is 10.3. The summed E-state index contributed by atoms with van der Waals surface area (Å²) in [7, 11) is 0. The lowest BCUT2D eigenvalue weighted by Crippen LogP contribution is -2.50. The van der Waals surface area contributed by atoms with Crippen LogP contribution in [0.5, 0.6) is 0 Å². The Bertz CT molecular complexity index is 517. The summed E-state index contributed by atoms with van der Waals surface area (Å²) in [6.07, 6.45) is 3.21. The van der Waals surface area contributed by atoms with Crippen LogP contribution >= 0.6 is 0 Å². The molecule has 0 amide bonds. The van der Waals surface area contributed by atoms with Gasteiger partial charge in [-0.3, -0.25) is 15.1 Å². The second kappa shape index (κ2) is 5.34. The van der Waals surface area contributed by atoms with Crippen LogP contribution in [0, 0.1) is 20.2 Å². The van der Waals surface area contributed by atoms with Crippen LogP contribution in [-0.2, 0) is 4.79 Å². The van der Waals surface area contributed by atoms with Crippen molar-refractivity contribution in [2.75, 3.05) is 0 Å². The quantitative estimate of drug-likeness (QED) is 0.434. The number of carboxylic acids is 1. The van der Waals surface area contributed by atoms with E-state index in [-0.39, 0.29) is 0 Å². The lowest BCUT2D eigenvalue weighted by atomic mass is 10.4. The molecule has 0 saturated carbocycles. The maximum Gasteiger partial charge on any atom is 0.540 e. The molecule has 2 rings (SSSR count). The molecule has 14 heteroatoms. The summed E-state index contributed by atoms with van der Waals surface area (Å²) in [6.45, 7) is 0. The van der Waals surface area contributed by atoms with E-state index in [1.54, 1.807) is 12.7 Å². The predicted octanol–water partition coefficient (Wildman–Crippen LogP) is -3.01. The molecule has 0 fully saturated rings. The monoisotopic (exact) mass is 272 g/mol. The van der Waals surface area contributed by atoms with Crippen LogP contribution in [0.25, 0.3) is 0 Å². The average Bonchev–Trinajstić information content (AvgIpc) is 3.02. The Kier molecular flexibility index (Phi) is 3.86. The number of nitrogens with one attached hydrogen (secondary N) is 2. The number of hydrogen-bond acceptors (Lipinski definition) is 10.